The SMILES string of the molecule is CN(C)c1ccnc(NC2CCCN(c3cccc(Cl)c3C#N)C2)n1. The summed E-state index contributed by atoms with van der Waals surface area (Å²) < 4.78 is 0. The number of nitrogens with zero attached hydrogens (tertiary/aromatic N) is 5. The predicted molar refractivity (Wildman–Crippen MR) is 101 cm³/mol. The summed E-state index contributed by atoms with van der Waals surface area (Å²) in [5.74, 6) is 1.50. The van der Waals surface area contributed by atoms with Gasteiger partial charge in [-0.25, -0.2) is 4.98 Å². The van der Waals surface area contributed by atoms with Gasteiger partial charge in [-0.1, -0.05) is 17.7 Å². The Balaban J connectivity index is 1.75. The van der Waals surface area contributed by atoms with Gasteiger partial charge >= 0.3 is 0 Å². The van der Waals surface area contributed by atoms with Crippen LogP contribution in [0, 0.1) is 11.3 Å². The number of nitrogens with one attached hydrogen (secondary N) is 1. The minimum Gasteiger partial charge on any atom is -0.368 e. The van der Waals surface area contributed by atoms with Gasteiger partial charge in [0.25, 0.3) is 0 Å². The Morgan fingerprint density at radius 1 is 1.36 bits per heavy atom. The average Bonchev–Trinajstić information content (AvgIpc) is 2.62. The monoisotopic (exact) mass is 356 g/mol. The first-order valence-corrected chi connectivity index (χ1v) is 8.66. The highest BCUT2D eigenvalue weighted by atomic mass is 35.5. The largest absolute Gasteiger partial charge is 0.368 e. The third kappa shape index (κ3) is 3.94. The molecule has 7 heteroatoms. The van der Waals surface area contributed by atoms with Crippen LogP contribution in [0.2, 0.25) is 5.02 Å². The van der Waals surface area contributed by atoms with E-state index in [9.17, 15) is 5.26 Å². The normalized spacial score (nSPS) is 17.0. The van der Waals surface area contributed by atoms with Gasteiger partial charge in [-0.05, 0) is 31.0 Å². The molecule has 2 aromatic rings. The maximum atomic E-state index is 9.41. The number of nitriles is 1. The van der Waals surface area contributed by atoms with Gasteiger partial charge in [0.05, 0.1) is 16.3 Å². The van der Waals surface area contributed by atoms with Crippen LogP contribution in [-0.2, 0) is 0 Å². The number of piperidine rings is 1. The summed E-state index contributed by atoms with van der Waals surface area (Å²) in [6.45, 7) is 1.69. The summed E-state index contributed by atoms with van der Waals surface area (Å²) in [6, 6.07) is 9.92. The first kappa shape index (κ1) is 17.3. The maximum absolute atomic E-state index is 9.41. The van der Waals surface area contributed by atoms with Gasteiger partial charge in [0.2, 0.25) is 5.95 Å². The first-order valence-electron chi connectivity index (χ1n) is 8.29. The van der Waals surface area contributed by atoms with Gasteiger partial charge in [-0.2, -0.15) is 10.2 Å². The minimum atomic E-state index is 0.219. The Kier molecular flexibility index (Phi) is 5.25. The molecule has 1 aliphatic rings. The van der Waals surface area contributed by atoms with Gasteiger partial charge in [0, 0.05) is 39.4 Å². The van der Waals surface area contributed by atoms with Crippen molar-refractivity contribution in [1.29, 1.82) is 5.26 Å². The number of anilines is 3. The minimum absolute atomic E-state index is 0.219. The van der Waals surface area contributed by atoms with E-state index in [1.807, 2.05) is 37.2 Å². The van der Waals surface area contributed by atoms with E-state index in [4.69, 9.17) is 11.6 Å². The molecule has 0 saturated carbocycles. The molecule has 0 amide bonds. The molecule has 1 aromatic carbocycles. The molecule has 1 aromatic heterocycles. The van der Waals surface area contributed by atoms with Crippen molar-refractivity contribution < 1.29 is 0 Å². The fraction of sp³-hybridized carbons (Fsp3) is 0.389. The molecule has 1 N–H and O–H groups in total. The molecule has 1 unspecified atom stereocenters. The highest BCUT2D eigenvalue weighted by molar-refractivity contribution is 6.32. The molecule has 1 fully saturated rings. The number of aromatic nitrogens is 2. The van der Waals surface area contributed by atoms with Gasteiger partial charge in [-0.15, -0.1) is 0 Å². The van der Waals surface area contributed by atoms with Crippen LogP contribution in [0.4, 0.5) is 17.5 Å². The lowest BCUT2D eigenvalue weighted by atomic mass is 10.0. The predicted octanol–water partition coefficient (Wildman–Crippen LogP) is 3.15. The summed E-state index contributed by atoms with van der Waals surface area (Å²) >= 11 is 6.17. The molecule has 25 heavy (non-hydrogen) atoms. The van der Waals surface area contributed by atoms with Crippen molar-refractivity contribution in [3.8, 4) is 6.07 Å². The molecule has 0 spiro atoms. The van der Waals surface area contributed by atoms with Crippen LogP contribution >= 0.6 is 11.6 Å². The van der Waals surface area contributed by atoms with Crippen LogP contribution in [0.1, 0.15) is 18.4 Å². The molecule has 130 valence electrons. The molecule has 3 rings (SSSR count). The second-order valence-electron chi connectivity index (χ2n) is 6.31. The fourth-order valence-electron chi connectivity index (χ4n) is 3.05. The van der Waals surface area contributed by atoms with Crippen LogP contribution in [0.15, 0.2) is 30.5 Å². The van der Waals surface area contributed by atoms with E-state index in [0.29, 0.717) is 16.5 Å². The molecule has 1 aliphatic heterocycles. The molecule has 0 bridgehead atoms. The van der Waals surface area contributed by atoms with E-state index in [-0.39, 0.29) is 6.04 Å². The van der Waals surface area contributed by atoms with Crippen molar-refractivity contribution in [2.45, 2.75) is 18.9 Å². The van der Waals surface area contributed by atoms with E-state index < -0.39 is 0 Å². The zero-order valence-corrected chi connectivity index (χ0v) is 15.2. The Morgan fingerprint density at radius 2 is 2.20 bits per heavy atom. The van der Waals surface area contributed by atoms with Crippen LogP contribution in [0.3, 0.4) is 0 Å². The summed E-state index contributed by atoms with van der Waals surface area (Å²) in [4.78, 5) is 13.0. The zero-order valence-electron chi connectivity index (χ0n) is 14.4. The lowest BCUT2D eigenvalue weighted by Crippen LogP contribution is -2.42. The van der Waals surface area contributed by atoms with Crippen LogP contribution in [0.25, 0.3) is 0 Å². The fourth-order valence-corrected chi connectivity index (χ4v) is 3.26. The van der Waals surface area contributed by atoms with Crippen molar-refractivity contribution >= 4 is 29.1 Å². The first-order chi connectivity index (χ1) is 12.1. The van der Waals surface area contributed by atoms with Crippen molar-refractivity contribution in [3.05, 3.63) is 41.0 Å². The molecule has 2 heterocycles. The number of rotatable bonds is 4. The van der Waals surface area contributed by atoms with E-state index in [2.05, 4.69) is 26.3 Å². The highest BCUT2D eigenvalue weighted by Gasteiger charge is 2.23. The third-order valence-corrected chi connectivity index (χ3v) is 4.61. The molecule has 1 atom stereocenters. The Labute approximate surface area is 153 Å². The molecule has 0 radical (unpaired) electrons. The molecule has 6 nitrogen and oxygen atoms in total. The summed E-state index contributed by atoms with van der Waals surface area (Å²) in [7, 11) is 3.91. The maximum Gasteiger partial charge on any atom is 0.224 e. The highest BCUT2D eigenvalue weighted by Crippen LogP contribution is 2.29. The van der Waals surface area contributed by atoms with E-state index in [1.54, 1.807) is 12.3 Å². The number of halogens is 1. The van der Waals surface area contributed by atoms with E-state index >= 15 is 0 Å². The standard InChI is InChI=1S/C18H21ClN6/c1-24(2)17-8-9-21-18(23-17)22-13-5-4-10-25(12-13)16-7-3-6-15(19)14(16)11-20/h3,6-9,13H,4-5,10,12H2,1-2H3,(H,21,22,23). The second kappa shape index (κ2) is 7.58. The van der Waals surface area contributed by atoms with Crippen molar-refractivity contribution in [1.82, 2.24) is 9.97 Å². The van der Waals surface area contributed by atoms with Gasteiger partial charge in [-0.3, -0.25) is 0 Å². The van der Waals surface area contributed by atoms with Gasteiger partial charge in [0.1, 0.15) is 11.9 Å². The molecule has 0 aliphatic carbocycles. The van der Waals surface area contributed by atoms with Crippen molar-refractivity contribution in [2.75, 3.05) is 42.3 Å². The van der Waals surface area contributed by atoms with Crippen molar-refractivity contribution in [3.63, 3.8) is 0 Å². The summed E-state index contributed by atoms with van der Waals surface area (Å²) in [6.07, 6.45) is 3.83. The lowest BCUT2D eigenvalue weighted by Gasteiger charge is -2.35. The van der Waals surface area contributed by atoms with E-state index in [0.717, 1.165) is 37.4 Å². The molecular weight excluding hydrogens is 336 g/mol. The summed E-state index contributed by atoms with van der Waals surface area (Å²) in [5, 5.41) is 13.3. The second-order valence-corrected chi connectivity index (χ2v) is 6.72. The Morgan fingerprint density at radius 3 is 2.96 bits per heavy atom. The number of benzene rings is 1. The van der Waals surface area contributed by atoms with Crippen LogP contribution < -0.4 is 15.1 Å². The lowest BCUT2D eigenvalue weighted by molar-refractivity contribution is 0.527. The number of hydrogen-bond donors (Lipinski definition) is 1. The average molecular weight is 357 g/mol. The third-order valence-electron chi connectivity index (χ3n) is 4.30. The van der Waals surface area contributed by atoms with E-state index in [1.165, 1.54) is 0 Å². The smallest absolute Gasteiger partial charge is 0.224 e. The Hall–Kier alpha value is -2.52. The molecular formula is C18H21ClN6. The quantitative estimate of drug-likeness (QED) is 0.907. The van der Waals surface area contributed by atoms with Gasteiger partial charge in [0.15, 0.2) is 0 Å². The van der Waals surface area contributed by atoms with Gasteiger partial charge < -0.3 is 15.1 Å². The molecule has 1 saturated heterocycles. The van der Waals surface area contributed by atoms with Crippen LogP contribution in [0.5, 0.6) is 0 Å². The number of hydrogen-bond acceptors (Lipinski definition) is 6. The topological polar surface area (TPSA) is 68.1 Å². The zero-order chi connectivity index (χ0) is 17.8. The summed E-state index contributed by atoms with van der Waals surface area (Å²) in [5.41, 5.74) is 1.43. The van der Waals surface area contributed by atoms with Crippen LogP contribution in [-0.4, -0.2) is 43.2 Å². The van der Waals surface area contributed by atoms with Crippen molar-refractivity contribution in [2.24, 2.45) is 0 Å². The Bertz CT molecular complexity index is 785.